The molecule has 1 saturated heterocycles. The molecule has 35 heavy (non-hydrogen) atoms. The molecule has 1 atom stereocenters. The average molecular weight is 473 g/mol. The van der Waals surface area contributed by atoms with Gasteiger partial charge >= 0.3 is 0 Å². The average Bonchev–Trinajstić information content (AvgIpc) is 3.42. The van der Waals surface area contributed by atoms with Crippen LogP contribution in [0.15, 0.2) is 54.7 Å². The number of amides is 2. The number of nitrogens with one attached hydrogen (secondary N) is 1. The zero-order chi connectivity index (χ0) is 24.4. The van der Waals surface area contributed by atoms with E-state index in [0.717, 1.165) is 54.8 Å². The molecular weight excluding hydrogens is 440 g/mol. The van der Waals surface area contributed by atoms with Gasteiger partial charge in [-0.2, -0.15) is 0 Å². The molecule has 2 aromatic carbocycles. The minimum absolute atomic E-state index is 0.00415. The molecular formula is C28H32N4O3. The fraction of sp³-hybridized carbons (Fsp3) is 0.393. The topological polar surface area (TPSA) is 76.5 Å². The van der Waals surface area contributed by atoms with E-state index in [4.69, 9.17) is 9.72 Å². The van der Waals surface area contributed by atoms with Crippen molar-refractivity contribution in [3.05, 3.63) is 65.9 Å². The third kappa shape index (κ3) is 5.62. The van der Waals surface area contributed by atoms with Gasteiger partial charge in [0.2, 0.25) is 17.8 Å². The highest BCUT2D eigenvalue weighted by atomic mass is 16.5. The summed E-state index contributed by atoms with van der Waals surface area (Å²) in [5.41, 5.74) is 4.97. The van der Waals surface area contributed by atoms with Crippen molar-refractivity contribution in [2.75, 3.05) is 25.0 Å². The third-order valence-electron chi connectivity index (χ3n) is 6.64. The molecule has 7 heteroatoms. The zero-order valence-corrected chi connectivity index (χ0v) is 20.4. The Morgan fingerprint density at radius 3 is 2.34 bits per heavy atom. The highest BCUT2D eigenvalue weighted by molar-refractivity contribution is 5.94. The van der Waals surface area contributed by atoms with Crippen molar-refractivity contribution >= 4 is 17.8 Å². The van der Waals surface area contributed by atoms with Gasteiger partial charge in [-0.1, -0.05) is 47.5 Å². The molecule has 0 unspecified atom stereocenters. The van der Waals surface area contributed by atoms with Gasteiger partial charge in [0.15, 0.2) is 0 Å². The van der Waals surface area contributed by atoms with Crippen molar-refractivity contribution in [1.29, 1.82) is 0 Å². The van der Waals surface area contributed by atoms with Crippen LogP contribution in [0.2, 0.25) is 0 Å². The first-order valence-corrected chi connectivity index (χ1v) is 12.4. The Bertz CT molecular complexity index is 1190. The second-order valence-corrected chi connectivity index (χ2v) is 9.70. The van der Waals surface area contributed by atoms with E-state index in [2.05, 4.69) is 5.32 Å². The van der Waals surface area contributed by atoms with E-state index >= 15 is 0 Å². The van der Waals surface area contributed by atoms with Gasteiger partial charge in [0.1, 0.15) is 6.54 Å². The van der Waals surface area contributed by atoms with Crippen molar-refractivity contribution in [2.45, 2.75) is 45.6 Å². The first-order valence-electron chi connectivity index (χ1n) is 12.4. The van der Waals surface area contributed by atoms with Crippen LogP contribution in [-0.4, -0.2) is 52.1 Å². The summed E-state index contributed by atoms with van der Waals surface area (Å²) in [5.74, 6) is 0.279. The molecule has 1 saturated carbocycles. The number of rotatable bonds is 8. The Morgan fingerprint density at radius 1 is 1.03 bits per heavy atom. The van der Waals surface area contributed by atoms with E-state index in [1.807, 2.05) is 73.1 Å². The number of nitrogens with zero attached hydrogens (tertiary/aromatic N) is 3. The van der Waals surface area contributed by atoms with Crippen molar-refractivity contribution in [3.8, 4) is 16.9 Å². The van der Waals surface area contributed by atoms with E-state index < -0.39 is 0 Å². The summed E-state index contributed by atoms with van der Waals surface area (Å²) in [7, 11) is 0. The Balaban J connectivity index is 1.38. The van der Waals surface area contributed by atoms with Gasteiger partial charge in [-0.3, -0.25) is 19.5 Å². The quantitative estimate of drug-likeness (QED) is 0.523. The molecule has 0 spiro atoms. The molecule has 1 aliphatic carbocycles. The molecule has 1 aliphatic heterocycles. The number of hydrogen-bond acceptors (Lipinski definition) is 4. The van der Waals surface area contributed by atoms with E-state index in [9.17, 15) is 9.59 Å². The van der Waals surface area contributed by atoms with Gasteiger partial charge in [0, 0.05) is 36.5 Å². The van der Waals surface area contributed by atoms with Gasteiger partial charge < -0.3 is 9.64 Å². The number of carbonyl (C=O) groups is 2. The summed E-state index contributed by atoms with van der Waals surface area (Å²) >= 11 is 0. The maximum Gasteiger partial charge on any atom is 0.246 e. The third-order valence-corrected chi connectivity index (χ3v) is 6.64. The second kappa shape index (κ2) is 10.0. The van der Waals surface area contributed by atoms with E-state index in [1.165, 1.54) is 5.56 Å². The van der Waals surface area contributed by atoms with Gasteiger partial charge in [-0.05, 0) is 51.7 Å². The lowest BCUT2D eigenvalue weighted by Crippen LogP contribution is -2.43. The second-order valence-electron chi connectivity index (χ2n) is 9.70. The maximum atomic E-state index is 13.2. The monoisotopic (exact) mass is 472 g/mol. The molecule has 1 N–H and O–H groups in total. The largest absolute Gasteiger partial charge is 0.376 e. The maximum absolute atomic E-state index is 13.2. The van der Waals surface area contributed by atoms with Crippen LogP contribution in [-0.2, 0) is 14.3 Å². The Morgan fingerprint density at radius 2 is 1.71 bits per heavy atom. The van der Waals surface area contributed by atoms with Crippen LogP contribution in [0.25, 0.3) is 16.9 Å². The Hall–Kier alpha value is -3.45. The van der Waals surface area contributed by atoms with E-state index in [0.29, 0.717) is 12.5 Å². The lowest BCUT2D eigenvalue weighted by atomic mass is 10.1. The lowest BCUT2D eigenvalue weighted by Gasteiger charge is -2.25. The number of hydrogen-bond donors (Lipinski definition) is 1. The van der Waals surface area contributed by atoms with Crippen LogP contribution in [0, 0.1) is 19.8 Å². The number of ether oxygens (including phenoxy) is 1. The number of benzene rings is 2. The molecule has 2 heterocycles. The predicted octanol–water partition coefficient (Wildman–Crippen LogP) is 4.51. The fourth-order valence-electron chi connectivity index (χ4n) is 4.43. The van der Waals surface area contributed by atoms with Crippen LogP contribution >= 0.6 is 0 Å². The Kier molecular flexibility index (Phi) is 6.68. The highest BCUT2D eigenvalue weighted by Crippen LogP contribution is 2.31. The van der Waals surface area contributed by atoms with Gasteiger partial charge in [0.05, 0.1) is 11.8 Å². The molecule has 3 aromatic rings. The minimum Gasteiger partial charge on any atom is -0.376 e. The van der Waals surface area contributed by atoms with Gasteiger partial charge in [-0.15, -0.1) is 0 Å². The summed E-state index contributed by atoms with van der Waals surface area (Å²) in [6.45, 7) is 5.26. The van der Waals surface area contributed by atoms with Crippen LogP contribution in [0.5, 0.6) is 0 Å². The zero-order valence-electron chi connectivity index (χ0n) is 20.4. The normalized spacial score (nSPS) is 17.4. The number of aryl methyl sites for hydroxylation is 2. The van der Waals surface area contributed by atoms with Gasteiger partial charge in [-0.25, -0.2) is 4.98 Å². The number of carbonyl (C=O) groups excluding carboxylic acids is 2. The summed E-state index contributed by atoms with van der Waals surface area (Å²) in [4.78, 5) is 32.5. The summed E-state index contributed by atoms with van der Waals surface area (Å²) in [6, 6.07) is 16.2. The smallest absolute Gasteiger partial charge is 0.246 e. The molecule has 0 radical (unpaired) electrons. The molecule has 5 rings (SSSR count). The molecule has 0 bridgehead atoms. The van der Waals surface area contributed by atoms with Crippen molar-refractivity contribution in [1.82, 2.24) is 14.5 Å². The van der Waals surface area contributed by atoms with Crippen molar-refractivity contribution in [2.24, 2.45) is 5.92 Å². The van der Waals surface area contributed by atoms with Crippen LogP contribution in [0.1, 0.15) is 36.8 Å². The molecule has 2 aliphatic rings. The molecule has 2 amide bonds. The highest BCUT2D eigenvalue weighted by Gasteiger charge is 2.35. The van der Waals surface area contributed by atoms with Gasteiger partial charge in [0.25, 0.3) is 0 Å². The summed E-state index contributed by atoms with van der Waals surface area (Å²) < 4.78 is 7.63. The fourth-order valence-corrected chi connectivity index (χ4v) is 4.43. The summed E-state index contributed by atoms with van der Waals surface area (Å²) in [5, 5.41) is 2.97. The molecule has 182 valence electrons. The van der Waals surface area contributed by atoms with Crippen LogP contribution in [0.4, 0.5) is 5.95 Å². The SMILES string of the molecule is Cc1ccc(-c2cn(-c3ccc(C)cc3)c(NC(=O)CN(C[C@@H]3CCCO3)C(=O)C3CC3)n2)cc1. The first kappa shape index (κ1) is 23.3. The minimum atomic E-state index is -0.258. The van der Waals surface area contributed by atoms with E-state index in [1.54, 1.807) is 4.90 Å². The molecule has 7 nitrogen and oxygen atoms in total. The predicted molar refractivity (Wildman–Crippen MR) is 135 cm³/mol. The Labute approximate surface area is 206 Å². The van der Waals surface area contributed by atoms with Crippen LogP contribution < -0.4 is 5.32 Å². The van der Waals surface area contributed by atoms with Crippen molar-refractivity contribution < 1.29 is 14.3 Å². The molecule has 2 fully saturated rings. The first-order chi connectivity index (χ1) is 17.0. The van der Waals surface area contributed by atoms with Crippen molar-refractivity contribution in [3.63, 3.8) is 0 Å². The molecule has 1 aromatic heterocycles. The van der Waals surface area contributed by atoms with E-state index in [-0.39, 0.29) is 30.4 Å². The number of anilines is 1. The lowest BCUT2D eigenvalue weighted by molar-refractivity contribution is -0.137. The standard InChI is InChI=1S/C28H32N4O3/c1-19-5-9-21(10-6-19)25-17-32(23-13-7-20(2)8-14-23)28(29-25)30-26(33)18-31(27(34)22-11-12-22)16-24-4-3-15-35-24/h5-10,13-14,17,22,24H,3-4,11-12,15-16,18H2,1-2H3,(H,29,30,33)/t24-/m0/s1. The number of imidazole rings is 1. The van der Waals surface area contributed by atoms with Crippen LogP contribution in [0.3, 0.4) is 0 Å². The summed E-state index contributed by atoms with van der Waals surface area (Å²) in [6.07, 6.45) is 5.67. The number of aromatic nitrogens is 2.